The third kappa shape index (κ3) is 4.02. The lowest BCUT2D eigenvalue weighted by atomic mass is 10.1. The van der Waals surface area contributed by atoms with E-state index in [9.17, 15) is 9.59 Å². The van der Waals surface area contributed by atoms with E-state index in [0.29, 0.717) is 22.7 Å². The van der Waals surface area contributed by atoms with Gasteiger partial charge in [-0.25, -0.2) is 9.97 Å². The number of ether oxygens (including phenoxy) is 1. The summed E-state index contributed by atoms with van der Waals surface area (Å²) in [6.07, 6.45) is 5.81. The zero-order valence-electron chi connectivity index (χ0n) is 15.0. The summed E-state index contributed by atoms with van der Waals surface area (Å²) < 4.78 is 5.76. The summed E-state index contributed by atoms with van der Waals surface area (Å²) in [5.74, 6) is 0.215. The predicted octanol–water partition coefficient (Wildman–Crippen LogP) is 3.10. The van der Waals surface area contributed by atoms with Crippen molar-refractivity contribution in [2.24, 2.45) is 0 Å². The van der Waals surface area contributed by atoms with E-state index in [1.807, 2.05) is 30.3 Å². The third-order valence-corrected chi connectivity index (χ3v) is 4.35. The standard InChI is InChI=1S/C21H14N4O3S/c26-19-18(10-14-11-22-13-23-12-14)20(27)25(21(29)24-19)15-6-8-17(9-7-15)28-16-4-2-1-3-5-16/h1-13H,(H,24,26,29). The molecule has 1 saturated heterocycles. The molecule has 1 aromatic heterocycles. The van der Waals surface area contributed by atoms with Crippen LogP contribution in [-0.2, 0) is 9.59 Å². The number of aromatic nitrogens is 2. The lowest BCUT2D eigenvalue weighted by molar-refractivity contribution is -0.122. The summed E-state index contributed by atoms with van der Waals surface area (Å²) in [4.78, 5) is 34.3. The quantitative estimate of drug-likeness (QED) is 0.410. The largest absolute Gasteiger partial charge is 0.457 e. The van der Waals surface area contributed by atoms with Gasteiger partial charge in [-0.2, -0.15) is 0 Å². The Morgan fingerprint density at radius 3 is 2.28 bits per heavy atom. The van der Waals surface area contributed by atoms with E-state index in [4.69, 9.17) is 17.0 Å². The Bertz CT molecular complexity index is 1100. The molecule has 7 nitrogen and oxygen atoms in total. The van der Waals surface area contributed by atoms with Gasteiger partial charge in [0.2, 0.25) is 0 Å². The molecule has 0 spiro atoms. The van der Waals surface area contributed by atoms with E-state index in [1.54, 1.807) is 24.3 Å². The van der Waals surface area contributed by atoms with Gasteiger partial charge in [0.05, 0.1) is 5.69 Å². The molecule has 2 amide bonds. The molecule has 0 atom stereocenters. The Hall–Kier alpha value is -3.91. The maximum Gasteiger partial charge on any atom is 0.270 e. The predicted molar refractivity (Wildman–Crippen MR) is 111 cm³/mol. The SMILES string of the molecule is O=C1NC(=S)N(c2ccc(Oc3ccccc3)cc2)C(=O)C1=Cc1cncnc1. The minimum atomic E-state index is -0.566. The Morgan fingerprint density at radius 1 is 0.931 bits per heavy atom. The molecule has 1 aliphatic rings. The highest BCUT2D eigenvalue weighted by Gasteiger charge is 2.34. The van der Waals surface area contributed by atoms with Gasteiger partial charge in [-0.3, -0.25) is 19.8 Å². The van der Waals surface area contributed by atoms with Crippen LogP contribution < -0.4 is 15.0 Å². The number of nitrogens with one attached hydrogen (secondary N) is 1. The number of para-hydroxylation sites is 1. The van der Waals surface area contributed by atoms with E-state index in [1.165, 1.54) is 29.7 Å². The fourth-order valence-electron chi connectivity index (χ4n) is 2.73. The third-order valence-electron chi connectivity index (χ3n) is 4.07. The fourth-order valence-corrected chi connectivity index (χ4v) is 3.01. The minimum absolute atomic E-state index is 0.0122. The Labute approximate surface area is 171 Å². The number of hydrogen-bond acceptors (Lipinski definition) is 6. The van der Waals surface area contributed by atoms with E-state index < -0.39 is 11.8 Å². The topological polar surface area (TPSA) is 84.4 Å². The molecular weight excluding hydrogens is 388 g/mol. The molecule has 0 radical (unpaired) electrons. The molecule has 8 heteroatoms. The van der Waals surface area contributed by atoms with Crippen molar-refractivity contribution in [1.82, 2.24) is 15.3 Å². The highest BCUT2D eigenvalue weighted by molar-refractivity contribution is 7.80. The van der Waals surface area contributed by atoms with Crippen LogP contribution in [0.5, 0.6) is 11.5 Å². The van der Waals surface area contributed by atoms with E-state index in [0.717, 1.165) is 0 Å². The lowest BCUT2D eigenvalue weighted by Crippen LogP contribution is -2.54. The Kier molecular flexibility index (Phi) is 5.08. The number of amides is 2. The van der Waals surface area contributed by atoms with Crippen molar-refractivity contribution in [3.8, 4) is 11.5 Å². The van der Waals surface area contributed by atoms with Crippen LogP contribution in [0.25, 0.3) is 6.08 Å². The number of carbonyl (C=O) groups is 2. The summed E-state index contributed by atoms with van der Waals surface area (Å²) in [7, 11) is 0. The van der Waals surface area contributed by atoms with Gasteiger partial charge in [0.1, 0.15) is 23.4 Å². The summed E-state index contributed by atoms with van der Waals surface area (Å²) in [5.41, 5.74) is 0.985. The van der Waals surface area contributed by atoms with E-state index in [-0.39, 0.29) is 10.7 Å². The van der Waals surface area contributed by atoms with Crippen molar-refractivity contribution >= 4 is 40.9 Å². The van der Waals surface area contributed by atoms with Crippen molar-refractivity contribution in [2.45, 2.75) is 0 Å². The number of carbonyl (C=O) groups excluding carboxylic acids is 2. The molecule has 4 rings (SSSR count). The van der Waals surface area contributed by atoms with Gasteiger partial charge in [-0.15, -0.1) is 0 Å². The van der Waals surface area contributed by atoms with Crippen molar-refractivity contribution in [1.29, 1.82) is 0 Å². The first-order valence-electron chi connectivity index (χ1n) is 8.61. The number of rotatable bonds is 4. The molecule has 1 aliphatic heterocycles. The molecule has 29 heavy (non-hydrogen) atoms. The molecule has 2 aromatic carbocycles. The number of anilines is 1. The zero-order chi connectivity index (χ0) is 20.2. The second kappa shape index (κ2) is 7.99. The lowest BCUT2D eigenvalue weighted by Gasteiger charge is -2.29. The summed E-state index contributed by atoms with van der Waals surface area (Å²) >= 11 is 5.21. The van der Waals surface area contributed by atoms with Crippen molar-refractivity contribution in [2.75, 3.05) is 4.90 Å². The average molecular weight is 402 g/mol. The van der Waals surface area contributed by atoms with Crippen LogP contribution >= 0.6 is 12.2 Å². The zero-order valence-corrected chi connectivity index (χ0v) is 15.8. The Morgan fingerprint density at radius 2 is 1.59 bits per heavy atom. The molecule has 2 heterocycles. The van der Waals surface area contributed by atoms with E-state index in [2.05, 4.69) is 15.3 Å². The van der Waals surface area contributed by atoms with E-state index >= 15 is 0 Å². The molecule has 0 saturated carbocycles. The van der Waals surface area contributed by atoms with Gasteiger partial charge in [0.15, 0.2) is 5.11 Å². The molecular formula is C21H14N4O3S. The maximum atomic E-state index is 13.0. The van der Waals surface area contributed by atoms with Crippen LogP contribution in [0.4, 0.5) is 5.69 Å². The van der Waals surface area contributed by atoms with Gasteiger partial charge in [-0.1, -0.05) is 18.2 Å². The van der Waals surface area contributed by atoms with Crippen molar-refractivity contribution < 1.29 is 14.3 Å². The smallest absolute Gasteiger partial charge is 0.270 e. The molecule has 142 valence electrons. The molecule has 3 aromatic rings. The summed E-state index contributed by atoms with van der Waals surface area (Å²) in [6.45, 7) is 0. The van der Waals surface area contributed by atoms with Crippen molar-refractivity contribution in [3.63, 3.8) is 0 Å². The number of thiocarbonyl (C=S) groups is 1. The second-order valence-corrected chi connectivity index (χ2v) is 6.43. The first kappa shape index (κ1) is 18.5. The average Bonchev–Trinajstić information content (AvgIpc) is 2.74. The molecule has 1 fully saturated rings. The highest BCUT2D eigenvalue weighted by atomic mass is 32.1. The van der Waals surface area contributed by atoms with Crippen LogP contribution in [0.2, 0.25) is 0 Å². The maximum absolute atomic E-state index is 13.0. The van der Waals surface area contributed by atoms with Gasteiger partial charge in [-0.05, 0) is 54.7 Å². The minimum Gasteiger partial charge on any atom is -0.457 e. The summed E-state index contributed by atoms with van der Waals surface area (Å²) in [5, 5.41) is 2.55. The number of nitrogens with zero attached hydrogens (tertiary/aromatic N) is 3. The van der Waals surface area contributed by atoms with Crippen LogP contribution in [-0.4, -0.2) is 26.9 Å². The van der Waals surface area contributed by atoms with Crippen molar-refractivity contribution in [3.05, 3.63) is 84.5 Å². The van der Waals surface area contributed by atoms with Gasteiger partial charge < -0.3 is 4.74 Å². The van der Waals surface area contributed by atoms with Crippen LogP contribution in [0, 0.1) is 0 Å². The molecule has 0 unspecified atom stereocenters. The number of benzene rings is 2. The van der Waals surface area contributed by atoms with Crippen LogP contribution in [0.1, 0.15) is 5.56 Å². The molecule has 1 N–H and O–H groups in total. The fraction of sp³-hybridized carbons (Fsp3) is 0. The molecule has 0 bridgehead atoms. The Balaban J connectivity index is 1.60. The first-order valence-corrected chi connectivity index (χ1v) is 9.02. The van der Waals surface area contributed by atoms with Crippen LogP contribution in [0.15, 0.2) is 78.9 Å². The monoisotopic (exact) mass is 402 g/mol. The second-order valence-electron chi connectivity index (χ2n) is 6.04. The summed E-state index contributed by atoms with van der Waals surface area (Å²) in [6, 6.07) is 16.2. The van der Waals surface area contributed by atoms with Crippen LogP contribution in [0.3, 0.4) is 0 Å². The van der Waals surface area contributed by atoms with Gasteiger partial charge >= 0.3 is 0 Å². The van der Waals surface area contributed by atoms with Gasteiger partial charge in [0.25, 0.3) is 11.8 Å². The highest BCUT2D eigenvalue weighted by Crippen LogP contribution is 2.26. The number of hydrogen-bond donors (Lipinski definition) is 1. The first-order chi connectivity index (χ1) is 14.1. The normalized spacial score (nSPS) is 15.4. The molecule has 0 aliphatic carbocycles. The van der Waals surface area contributed by atoms with Gasteiger partial charge in [0, 0.05) is 18.0 Å².